The summed E-state index contributed by atoms with van der Waals surface area (Å²) in [5.74, 6) is 0. The lowest BCUT2D eigenvalue weighted by Crippen LogP contribution is -2.23. The number of benzene rings is 1. The van der Waals surface area contributed by atoms with E-state index in [2.05, 4.69) is 44.3 Å². The van der Waals surface area contributed by atoms with E-state index in [1.807, 2.05) is 30.1 Å². The standard InChI is InChI=1S/C21H24N6O/c1-25-19(7-9-23-25)21(28)18-12-17-14-26(10-3-11-27(17)24-18)13-16-5-2-4-15-6-8-22-20(15)16/h2,4-9,12,21-22,28H,3,10-11,13-14H2,1H3/t21-/m1/s1. The highest BCUT2D eigenvalue weighted by molar-refractivity contribution is 5.82. The molecule has 144 valence electrons. The van der Waals surface area contributed by atoms with Crippen LogP contribution in [0.3, 0.4) is 0 Å². The van der Waals surface area contributed by atoms with Crippen LogP contribution in [0.1, 0.15) is 35.2 Å². The van der Waals surface area contributed by atoms with Crippen molar-refractivity contribution in [1.29, 1.82) is 0 Å². The maximum Gasteiger partial charge on any atom is 0.139 e. The second-order valence-corrected chi connectivity index (χ2v) is 7.49. The number of aryl methyl sites for hydroxylation is 2. The van der Waals surface area contributed by atoms with E-state index in [-0.39, 0.29) is 0 Å². The molecule has 0 spiro atoms. The summed E-state index contributed by atoms with van der Waals surface area (Å²) in [6.07, 6.45) is 3.98. The number of para-hydroxylation sites is 1. The van der Waals surface area contributed by atoms with Crippen molar-refractivity contribution in [3.63, 3.8) is 0 Å². The van der Waals surface area contributed by atoms with Gasteiger partial charge in [-0.05, 0) is 35.6 Å². The van der Waals surface area contributed by atoms with Crippen molar-refractivity contribution < 1.29 is 5.11 Å². The molecule has 4 aromatic rings. The van der Waals surface area contributed by atoms with Crippen LogP contribution >= 0.6 is 0 Å². The number of rotatable bonds is 4. The summed E-state index contributed by atoms with van der Waals surface area (Å²) in [4.78, 5) is 5.82. The van der Waals surface area contributed by atoms with Gasteiger partial charge < -0.3 is 10.1 Å². The smallest absolute Gasteiger partial charge is 0.139 e. The molecule has 0 saturated carbocycles. The summed E-state index contributed by atoms with van der Waals surface area (Å²) in [6, 6.07) is 12.4. The van der Waals surface area contributed by atoms with Crippen molar-refractivity contribution >= 4 is 10.9 Å². The number of hydrogen-bond donors (Lipinski definition) is 2. The summed E-state index contributed by atoms with van der Waals surface area (Å²) in [5, 5.41) is 20.8. The summed E-state index contributed by atoms with van der Waals surface area (Å²) < 4.78 is 3.74. The quantitative estimate of drug-likeness (QED) is 0.574. The largest absolute Gasteiger partial charge is 0.380 e. The Morgan fingerprint density at radius 1 is 1.21 bits per heavy atom. The van der Waals surface area contributed by atoms with Crippen LogP contribution in [0.5, 0.6) is 0 Å². The summed E-state index contributed by atoms with van der Waals surface area (Å²) in [6.45, 7) is 3.61. The van der Waals surface area contributed by atoms with Crippen molar-refractivity contribution in [3.8, 4) is 0 Å². The van der Waals surface area contributed by atoms with Crippen LogP contribution in [0.4, 0.5) is 0 Å². The third-order valence-corrected chi connectivity index (χ3v) is 5.60. The maximum absolute atomic E-state index is 10.7. The van der Waals surface area contributed by atoms with Crippen LogP contribution in [0.25, 0.3) is 10.9 Å². The molecule has 0 radical (unpaired) electrons. The van der Waals surface area contributed by atoms with Crippen LogP contribution in [-0.4, -0.2) is 41.1 Å². The molecule has 0 aliphatic carbocycles. The van der Waals surface area contributed by atoms with Gasteiger partial charge in [-0.1, -0.05) is 18.2 Å². The van der Waals surface area contributed by atoms with Gasteiger partial charge in [-0.15, -0.1) is 0 Å². The van der Waals surface area contributed by atoms with E-state index in [1.54, 1.807) is 10.9 Å². The first-order chi connectivity index (χ1) is 13.7. The number of hydrogen-bond acceptors (Lipinski definition) is 4. The molecule has 3 aromatic heterocycles. The molecular weight excluding hydrogens is 352 g/mol. The molecular formula is C21H24N6O. The van der Waals surface area contributed by atoms with Crippen molar-refractivity contribution in [2.75, 3.05) is 6.54 Å². The van der Waals surface area contributed by atoms with Crippen LogP contribution in [0.2, 0.25) is 0 Å². The van der Waals surface area contributed by atoms with E-state index in [4.69, 9.17) is 0 Å². The number of fused-ring (bicyclic) bond motifs is 2. The molecule has 0 fully saturated rings. The second kappa shape index (κ2) is 6.92. The fourth-order valence-electron chi connectivity index (χ4n) is 4.15. The molecule has 0 bridgehead atoms. The zero-order chi connectivity index (χ0) is 19.1. The normalized spacial score (nSPS) is 16.2. The van der Waals surface area contributed by atoms with Crippen LogP contribution < -0.4 is 0 Å². The van der Waals surface area contributed by atoms with Crippen LogP contribution in [0.15, 0.2) is 48.8 Å². The van der Waals surface area contributed by atoms with Gasteiger partial charge in [-0.3, -0.25) is 14.3 Å². The van der Waals surface area contributed by atoms with Gasteiger partial charge >= 0.3 is 0 Å². The molecule has 5 rings (SSSR count). The molecule has 28 heavy (non-hydrogen) atoms. The van der Waals surface area contributed by atoms with Crippen LogP contribution in [-0.2, 0) is 26.7 Å². The maximum atomic E-state index is 10.7. The molecule has 0 amide bonds. The van der Waals surface area contributed by atoms with Gasteiger partial charge in [0.1, 0.15) is 6.10 Å². The first kappa shape index (κ1) is 17.2. The van der Waals surface area contributed by atoms with E-state index in [0.717, 1.165) is 44.0 Å². The summed E-state index contributed by atoms with van der Waals surface area (Å²) >= 11 is 0. The van der Waals surface area contributed by atoms with E-state index < -0.39 is 6.10 Å². The molecule has 1 aliphatic heterocycles. The lowest BCUT2D eigenvalue weighted by molar-refractivity contribution is 0.203. The Labute approximate surface area is 163 Å². The predicted octanol–water partition coefficient (Wildman–Crippen LogP) is 2.59. The van der Waals surface area contributed by atoms with E-state index >= 15 is 0 Å². The molecule has 1 atom stereocenters. The molecule has 1 aliphatic rings. The molecule has 4 heterocycles. The van der Waals surface area contributed by atoms with Crippen molar-refractivity contribution in [2.45, 2.75) is 32.2 Å². The Morgan fingerprint density at radius 3 is 3.00 bits per heavy atom. The Kier molecular flexibility index (Phi) is 4.26. The van der Waals surface area contributed by atoms with Gasteiger partial charge in [0.2, 0.25) is 0 Å². The number of nitrogens with one attached hydrogen (secondary N) is 1. The Hall–Kier alpha value is -2.90. The average Bonchev–Trinajstić information content (AvgIpc) is 3.40. The van der Waals surface area contributed by atoms with Gasteiger partial charge in [0.05, 0.1) is 17.1 Å². The minimum atomic E-state index is -0.756. The Morgan fingerprint density at radius 2 is 2.14 bits per heavy atom. The summed E-state index contributed by atoms with van der Waals surface area (Å²) in [7, 11) is 1.84. The first-order valence-corrected chi connectivity index (χ1v) is 9.69. The number of aromatic nitrogens is 5. The van der Waals surface area contributed by atoms with Gasteiger partial charge in [-0.25, -0.2) is 0 Å². The van der Waals surface area contributed by atoms with Gasteiger partial charge in [-0.2, -0.15) is 10.2 Å². The third kappa shape index (κ3) is 3.02. The molecule has 0 saturated heterocycles. The molecule has 2 N–H and O–H groups in total. The highest BCUT2D eigenvalue weighted by atomic mass is 16.3. The second-order valence-electron chi connectivity index (χ2n) is 7.49. The summed E-state index contributed by atoms with van der Waals surface area (Å²) in [5.41, 5.74) is 5.11. The van der Waals surface area contributed by atoms with Crippen molar-refractivity contribution in [2.24, 2.45) is 7.05 Å². The average molecular weight is 376 g/mol. The lowest BCUT2D eigenvalue weighted by atomic mass is 10.1. The van der Waals surface area contributed by atoms with E-state index in [0.29, 0.717) is 5.69 Å². The van der Waals surface area contributed by atoms with Crippen molar-refractivity contribution in [3.05, 3.63) is 71.4 Å². The monoisotopic (exact) mass is 376 g/mol. The lowest BCUT2D eigenvalue weighted by Gasteiger charge is -2.20. The fourth-order valence-corrected chi connectivity index (χ4v) is 4.15. The third-order valence-electron chi connectivity index (χ3n) is 5.60. The van der Waals surface area contributed by atoms with E-state index in [1.165, 1.54) is 16.5 Å². The van der Waals surface area contributed by atoms with Gasteiger partial charge in [0.25, 0.3) is 0 Å². The fraction of sp³-hybridized carbons (Fsp3) is 0.333. The van der Waals surface area contributed by atoms with Crippen molar-refractivity contribution in [1.82, 2.24) is 29.4 Å². The predicted molar refractivity (Wildman–Crippen MR) is 107 cm³/mol. The molecule has 1 aromatic carbocycles. The SMILES string of the molecule is Cn1nccc1[C@H](O)c1cc2n(n1)CCCN(Cc1cccc3cc[nH]c13)C2. The van der Waals surface area contributed by atoms with Gasteiger partial charge in [0.15, 0.2) is 0 Å². The Bertz CT molecular complexity index is 1110. The van der Waals surface area contributed by atoms with Crippen LogP contribution in [0, 0.1) is 0 Å². The molecule has 7 nitrogen and oxygen atoms in total. The topological polar surface area (TPSA) is 74.9 Å². The molecule has 7 heteroatoms. The first-order valence-electron chi connectivity index (χ1n) is 9.69. The number of aliphatic hydroxyl groups is 1. The highest BCUT2D eigenvalue weighted by Gasteiger charge is 2.22. The number of H-pyrrole nitrogens is 1. The number of aromatic amines is 1. The highest BCUT2D eigenvalue weighted by Crippen LogP contribution is 2.25. The Balaban J connectivity index is 1.39. The minimum Gasteiger partial charge on any atom is -0.380 e. The zero-order valence-corrected chi connectivity index (χ0v) is 15.9. The number of aliphatic hydroxyl groups excluding tert-OH is 1. The van der Waals surface area contributed by atoms with E-state index in [9.17, 15) is 5.11 Å². The van der Waals surface area contributed by atoms with Gasteiger partial charge in [0, 0.05) is 51.1 Å². The molecule has 0 unspecified atom stereocenters. The zero-order valence-electron chi connectivity index (χ0n) is 15.9. The number of nitrogens with zero attached hydrogens (tertiary/aromatic N) is 5. The minimum absolute atomic E-state index is 0.687.